The first kappa shape index (κ1) is 17.6. The Bertz CT molecular complexity index is 290. The zero-order chi connectivity index (χ0) is 14.5. The second-order valence-corrected chi connectivity index (χ2v) is 4.57. The number of aliphatic hydroxyl groups is 1. The average molecular weight is 270 g/mol. The Morgan fingerprint density at radius 3 is 2.63 bits per heavy atom. The molecule has 0 aromatic heterocycles. The van der Waals surface area contributed by atoms with E-state index in [1.54, 1.807) is 6.08 Å². The molecule has 0 spiro atoms. The average Bonchev–Trinajstić information content (AvgIpc) is 2.38. The molecule has 4 N–H and O–H groups in total. The van der Waals surface area contributed by atoms with E-state index >= 15 is 0 Å². The number of nitrogens with two attached hydrogens (primary N) is 1. The van der Waals surface area contributed by atoms with Crippen LogP contribution in [0.1, 0.15) is 45.4 Å². The molecule has 0 saturated heterocycles. The lowest BCUT2D eigenvalue weighted by molar-refractivity contribution is -0.127. The number of amides is 2. The molecule has 0 aliphatic rings. The van der Waals surface area contributed by atoms with Gasteiger partial charge in [-0.3, -0.25) is 9.59 Å². The minimum Gasteiger partial charge on any atom is -0.395 e. The van der Waals surface area contributed by atoms with Crippen molar-refractivity contribution in [1.82, 2.24) is 5.32 Å². The SMILES string of the molecule is CCCCCCC=CC(CC(N)=O)C(=O)NCCO. The highest BCUT2D eigenvalue weighted by Gasteiger charge is 2.16. The highest BCUT2D eigenvalue weighted by atomic mass is 16.3. The number of rotatable bonds is 11. The smallest absolute Gasteiger partial charge is 0.227 e. The Balaban J connectivity index is 4.14. The molecule has 0 radical (unpaired) electrons. The van der Waals surface area contributed by atoms with E-state index in [9.17, 15) is 9.59 Å². The molecule has 19 heavy (non-hydrogen) atoms. The topological polar surface area (TPSA) is 92.4 Å². The lowest BCUT2D eigenvalue weighted by Gasteiger charge is -2.10. The minimum atomic E-state index is -0.532. The molecule has 0 aromatic rings. The number of aliphatic hydroxyl groups excluding tert-OH is 1. The lowest BCUT2D eigenvalue weighted by Crippen LogP contribution is -2.34. The van der Waals surface area contributed by atoms with E-state index < -0.39 is 11.8 Å². The summed E-state index contributed by atoms with van der Waals surface area (Å²) in [5.74, 6) is -1.30. The van der Waals surface area contributed by atoms with Crippen LogP contribution in [0.25, 0.3) is 0 Å². The van der Waals surface area contributed by atoms with Crippen molar-refractivity contribution in [1.29, 1.82) is 0 Å². The van der Waals surface area contributed by atoms with Gasteiger partial charge in [0.25, 0.3) is 0 Å². The van der Waals surface area contributed by atoms with Crippen molar-refractivity contribution in [2.75, 3.05) is 13.2 Å². The Morgan fingerprint density at radius 1 is 1.32 bits per heavy atom. The third-order valence-corrected chi connectivity index (χ3v) is 2.76. The van der Waals surface area contributed by atoms with E-state index in [2.05, 4.69) is 12.2 Å². The van der Waals surface area contributed by atoms with Gasteiger partial charge in [-0.2, -0.15) is 0 Å². The lowest BCUT2D eigenvalue weighted by atomic mass is 10.0. The molecular weight excluding hydrogens is 244 g/mol. The van der Waals surface area contributed by atoms with Crippen LogP contribution in [0.2, 0.25) is 0 Å². The van der Waals surface area contributed by atoms with Crippen LogP contribution >= 0.6 is 0 Å². The van der Waals surface area contributed by atoms with E-state index in [1.165, 1.54) is 19.3 Å². The summed E-state index contributed by atoms with van der Waals surface area (Å²) in [6.07, 6.45) is 9.26. The van der Waals surface area contributed by atoms with E-state index in [4.69, 9.17) is 10.8 Å². The molecule has 5 heteroatoms. The number of allylic oxidation sites excluding steroid dienone is 1. The molecule has 0 bridgehead atoms. The number of carbonyl (C=O) groups excluding carboxylic acids is 2. The zero-order valence-electron chi connectivity index (χ0n) is 11.7. The zero-order valence-corrected chi connectivity index (χ0v) is 11.7. The van der Waals surface area contributed by atoms with Gasteiger partial charge in [0.2, 0.25) is 11.8 Å². The Labute approximate surface area is 115 Å². The van der Waals surface area contributed by atoms with Gasteiger partial charge >= 0.3 is 0 Å². The molecular formula is C14H26N2O3. The largest absolute Gasteiger partial charge is 0.395 e. The van der Waals surface area contributed by atoms with Gasteiger partial charge in [-0.25, -0.2) is 0 Å². The van der Waals surface area contributed by atoms with Crippen LogP contribution in [-0.4, -0.2) is 30.1 Å². The minimum absolute atomic E-state index is 0.00270. The van der Waals surface area contributed by atoms with Crippen LogP contribution in [0.4, 0.5) is 0 Å². The highest BCUT2D eigenvalue weighted by molar-refractivity contribution is 5.86. The normalized spacial score (nSPS) is 12.5. The molecule has 0 heterocycles. The third kappa shape index (κ3) is 10.3. The van der Waals surface area contributed by atoms with Crippen molar-refractivity contribution in [3.8, 4) is 0 Å². The van der Waals surface area contributed by atoms with E-state index in [0.29, 0.717) is 0 Å². The van der Waals surface area contributed by atoms with Gasteiger partial charge < -0.3 is 16.2 Å². The molecule has 0 aromatic carbocycles. The van der Waals surface area contributed by atoms with Gasteiger partial charge in [-0.15, -0.1) is 0 Å². The van der Waals surface area contributed by atoms with Gasteiger partial charge in [0.05, 0.1) is 12.5 Å². The van der Waals surface area contributed by atoms with Crippen molar-refractivity contribution < 1.29 is 14.7 Å². The number of hydrogen-bond donors (Lipinski definition) is 3. The summed E-state index contributed by atoms with van der Waals surface area (Å²) in [4.78, 5) is 22.6. The summed E-state index contributed by atoms with van der Waals surface area (Å²) < 4.78 is 0. The van der Waals surface area contributed by atoms with Gasteiger partial charge in [0.15, 0.2) is 0 Å². The highest BCUT2D eigenvalue weighted by Crippen LogP contribution is 2.08. The van der Waals surface area contributed by atoms with Crippen molar-refractivity contribution in [2.24, 2.45) is 11.7 Å². The first-order valence-electron chi connectivity index (χ1n) is 6.95. The molecule has 2 amide bonds. The first-order valence-corrected chi connectivity index (χ1v) is 6.95. The van der Waals surface area contributed by atoms with Crippen molar-refractivity contribution >= 4 is 11.8 Å². The maximum absolute atomic E-state index is 11.7. The second-order valence-electron chi connectivity index (χ2n) is 4.57. The van der Waals surface area contributed by atoms with Gasteiger partial charge in [-0.05, 0) is 12.8 Å². The van der Waals surface area contributed by atoms with Crippen LogP contribution in [0.3, 0.4) is 0 Å². The van der Waals surface area contributed by atoms with E-state index in [0.717, 1.165) is 12.8 Å². The molecule has 0 saturated carbocycles. The molecule has 0 rings (SSSR count). The molecule has 0 aliphatic heterocycles. The molecule has 0 aliphatic carbocycles. The van der Waals surface area contributed by atoms with Gasteiger partial charge in [-0.1, -0.05) is 38.3 Å². The van der Waals surface area contributed by atoms with Crippen LogP contribution in [-0.2, 0) is 9.59 Å². The molecule has 1 atom stereocenters. The summed E-state index contributed by atoms with van der Waals surface area (Å²) in [5, 5.41) is 11.2. The van der Waals surface area contributed by atoms with Gasteiger partial charge in [0.1, 0.15) is 0 Å². The fourth-order valence-corrected chi connectivity index (χ4v) is 1.72. The van der Waals surface area contributed by atoms with E-state index in [1.807, 2.05) is 6.08 Å². The maximum Gasteiger partial charge on any atom is 0.227 e. The Hall–Kier alpha value is -1.36. The van der Waals surface area contributed by atoms with Crippen LogP contribution in [0.5, 0.6) is 0 Å². The van der Waals surface area contributed by atoms with Crippen molar-refractivity contribution in [2.45, 2.75) is 45.4 Å². The number of primary amides is 1. The van der Waals surface area contributed by atoms with Crippen LogP contribution in [0.15, 0.2) is 12.2 Å². The predicted molar refractivity (Wildman–Crippen MR) is 75.3 cm³/mol. The Morgan fingerprint density at radius 2 is 2.05 bits per heavy atom. The third-order valence-electron chi connectivity index (χ3n) is 2.76. The first-order chi connectivity index (χ1) is 9.11. The quantitative estimate of drug-likeness (QED) is 0.388. The summed E-state index contributed by atoms with van der Waals surface area (Å²) >= 11 is 0. The van der Waals surface area contributed by atoms with Gasteiger partial charge in [0, 0.05) is 13.0 Å². The van der Waals surface area contributed by atoms with Crippen LogP contribution in [0, 0.1) is 5.92 Å². The van der Waals surface area contributed by atoms with Crippen LogP contribution < -0.4 is 11.1 Å². The second kappa shape index (κ2) is 11.7. The number of unbranched alkanes of at least 4 members (excludes halogenated alkanes) is 4. The monoisotopic (exact) mass is 270 g/mol. The summed E-state index contributed by atoms with van der Waals surface area (Å²) in [5.41, 5.74) is 5.13. The molecule has 110 valence electrons. The standard InChI is InChI=1S/C14H26N2O3/c1-2-3-4-5-6-7-8-12(11-13(15)18)14(19)16-9-10-17/h7-8,12,17H,2-6,9-11H2,1H3,(H2,15,18)(H,16,19). The fourth-order valence-electron chi connectivity index (χ4n) is 1.72. The summed E-state index contributed by atoms with van der Waals surface area (Å²) in [7, 11) is 0. The van der Waals surface area contributed by atoms with E-state index in [-0.39, 0.29) is 25.5 Å². The molecule has 0 fully saturated rings. The van der Waals surface area contributed by atoms with Crippen molar-refractivity contribution in [3.63, 3.8) is 0 Å². The maximum atomic E-state index is 11.7. The number of nitrogens with one attached hydrogen (secondary N) is 1. The predicted octanol–water partition coefficient (Wildman–Crippen LogP) is 1.11. The van der Waals surface area contributed by atoms with Crippen molar-refractivity contribution in [3.05, 3.63) is 12.2 Å². The Kier molecular flexibility index (Phi) is 10.9. The molecule has 5 nitrogen and oxygen atoms in total. The summed E-state index contributed by atoms with van der Waals surface area (Å²) in [6, 6.07) is 0. The summed E-state index contributed by atoms with van der Waals surface area (Å²) in [6.45, 7) is 2.23. The number of carbonyl (C=O) groups is 2. The number of hydrogen-bond acceptors (Lipinski definition) is 3. The fraction of sp³-hybridized carbons (Fsp3) is 0.714. The molecule has 1 unspecified atom stereocenters.